The zero-order valence-electron chi connectivity index (χ0n) is 14.6. The smallest absolute Gasteiger partial charge is 0.260 e. The van der Waals surface area contributed by atoms with E-state index in [-0.39, 0.29) is 5.91 Å². The minimum absolute atomic E-state index is 0.0553. The molecule has 4 nitrogen and oxygen atoms in total. The van der Waals surface area contributed by atoms with Crippen LogP contribution in [0, 0.1) is 0 Å². The SMILES string of the molecule is CN(C)CCCN(C(=O)c1cccc(Br)c1)c1nc2c(Cl)cccc2s1. The third-order valence-electron chi connectivity index (χ3n) is 3.89. The Labute approximate surface area is 170 Å². The number of rotatable bonds is 6. The van der Waals surface area contributed by atoms with Crippen LogP contribution in [-0.2, 0) is 0 Å². The highest BCUT2D eigenvalue weighted by Crippen LogP contribution is 2.33. The lowest BCUT2D eigenvalue weighted by molar-refractivity contribution is 0.0986. The van der Waals surface area contributed by atoms with Crippen LogP contribution in [0.5, 0.6) is 0 Å². The Balaban J connectivity index is 1.96. The molecule has 0 aliphatic rings. The number of fused-ring (bicyclic) bond motifs is 1. The van der Waals surface area contributed by atoms with Crippen LogP contribution in [0.25, 0.3) is 10.2 Å². The topological polar surface area (TPSA) is 36.4 Å². The lowest BCUT2D eigenvalue weighted by atomic mass is 10.2. The van der Waals surface area contributed by atoms with Crippen LogP contribution in [0.15, 0.2) is 46.9 Å². The van der Waals surface area contributed by atoms with Gasteiger partial charge in [-0.15, -0.1) is 0 Å². The molecule has 0 aliphatic carbocycles. The summed E-state index contributed by atoms with van der Waals surface area (Å²) in [4.78, 5) is 21.7. The lowest BCUT2D eigenvalue weighted by Crippen LogP contribution is -2.33. The number of carbonyl (C=O) groups excluding carboxylic acids is 1. The molecule has 0 spiro atoms. The molecule has 136 valence electrons. The molecule has 0 fully saturated rings. The van der Waals surface area contributed by atoms with Gasteiger partial charge in [0.2, 0.25) is 0 Å². The van der Waals surface area contributed by atoms with Crippen molar-refractivity contribution in [2.75, 3.05) is 32.1 Å². The molecule has 0 atom stereocenters. The molecule has 0 radical (unpaired) electrons. The Morgan fingerprint density at radius 2 is 1.96 bits per heavy atom. The number of benzene rings is 2. The molecule has 0 unspecified atom stereocenters. The van der Waals surface area contributed by atoms with E-state index in [0.29, 0.717) is 22.3 Å². The molecule has 0 saturated heterocycles. The minimum atomic E-state index is -0.0553. The van der Waals surface area contributed by atoms with Gasteiger partial charge in [0.15, 0.2) is 5.13 Å². The average Bonchev–Trinajstić information content (AvgIpc) is 3.03. The van der Waals surface area contributed by atoms with Gasteiger partial charge in [-0.1, -0.05) is 51.0 Å². The Morgan fingerprint density at radius 3 is 2.65 bits per heavy atom. The third kappa shape index (κ3) is 4.43. The molecule has 7 heteroatoms. The highest BCUT2D eigenvalue weighted by atomic mass is 79.9. The molecular weight excluding hydrogens is 434 g/mol. The van der Waals surface area contributed by atoms with Crippen molar-refractivity contribution < 1.29 is 4.79 Å². The number of aromatic nitrogens is 1. The molecule has 3 aromatic rings. The maximum atomic E-state index is 13.2. The second kappa shape index (κ2) is 8.48. The van der Waals surface area contributed by atoms with Gasteiger partial charge >= 0.3 is 0 Å². The summed E-state index contributed by atoms with van der Waals surface area (Å²) in [6.07, 6.45) is 0.858. The summed E-state index contributed by atoms with van der Waals surface area (Å²) in [6.45, 7) is 1.49. The molecule has 2 aromatic carbocycles. The van der Waals surface area contributed by atoms with Crippen molar-refractivity contribution in [3.8, 4) is 0 Å². The second-order valence-electron chi connectivity index (χ2n) is 6.21. The van der Waals surface area contributed by atoms with Crippen LogP contribution in [0.3, 0.4) is 0 Å². The normalized spacial score (nSPS) is 11.3. The monoisotopic (exact) mass is 451 g/mol. The number of amides is 1. The summed E-state index contributed by atoms with van der Waals surface area (Å²) in [6, 6.07) is 13.1. The van der Waals surface area contributed by atoms with Gasteiger partial charge in [-0.2, -0.15) is 0 Å². The van der Waals surface area contributed by atoms with Crippen molar-refractivity contribution in [2.45, 2.75) is 6.42 Å². The first-order valence-corrected chi connectivity index (χ1v) is 10.2. The third-order valence-corrected chi connectivity index (χ3v) is 5.73. The molecule has 0 bridgehead atoms. The highest BCUT2D eigenvalue weighted by Gasteiger charge is 2.22. The number of nitrogens with zero attached hydrogens (tertiary/aromatic N) is 3. The van der Waals surface area contributed by atoms with Gasteiger partial charge in [-0.3, -0.25) is 9.69 Å². The quantitative estimate of drug-likeness (QED) is 0.508. The number of hydrogen-bond acceptors (Lipinski definition) is 4. The van der Waals surface area contributed by atoms with Crippen molar-refractivity contribution in [3.63, 3.8) is 0 Å². The number of hydrogen-bond donors (Lipinski definition) is 0. The lowest BCUT2D eigenvalue weighted by Gasteiger charge is -2.21. The van der Waals surface area contributed by atoms with Crippen LogP contribution in [-0.4, -0.2) is 43.0 Å². The van der Waals surface area contributed by atoms with Crippen LogP contribution in [0.4, 0.5) is 5.13 Å². The van der Waals surface area contributed by atoms with Gasteiger partial charge < -0.3 is 4.90 Å². The molecule has 0 N–H and O–H groups in total. The summed E-state index contributed by atoms with van der Waals surface area (Å²) in [7, 11) is 4.05. The van der Waals surface area contributed by atoms with Gasteiger partial charge in [0, 0.05) is 16.6 Å². The van der Waals surface area contributed by atoms with E-state index in [1.807, 2.05) is 56.6 Å². The molecule has 0 saturated carbocycles. The van der Waals surface area contributed by atoms with Crippen molar-refractivity contribution in [2.24, 2.45) is 0 Å². The summed E-state index contributed by atoms with van der Waals surface area (Å²) < 4.78 is 1.86. The molecule has 1 amide bonds. The van der Waals surface area contributed by atoms with Crippen LogP contribution in [0.2, 0.25) is 5.02 Å². The summed E-state index contributed by atoms with van der Waals surface area (Å²) in [5.41, 5.74) is 1.38. The van der Waals surface area contributed by atoms with Crippen LogP contribution >= 0.6 is 38.9 Å². The Kier molecular flexibility index (Phi) is 6.29. The van der Waals surface area contributed by atoms with E-state index in [0.717, 1.165) is 27.7 Å². The highest BCUT2D eigenvalue weighted by molar-refractivity contribution is 9.10. The van der Waals surface area contributed by atoms with E-state index >= 15 is 0 Å². The van der Waals surface area contributed by atoms with E-state index in [4.69, 9.17) is 11.6 Å². The Bertz CT molecular complexity index is 928. The Morgan fingerprint density at radius 1 is 1.19 bits per heavy atom. The Hall–Kier alpha value is -1.47. The molecular formula is C19H19BrClN3OS. The minimum Gasteiger partial charge on any atom is -0.309 e. The van der Waals surface area contributed by atoms with Gasteiger partial charge in [-0.05, 0) is 57.4 Å². The molecule has 26 heavy (non-hydrogen) atoms. The number of anilines is 1. The maximum Gasteiger partial charge on any atom is 0.260 e. The predicted molar refractivity (Wildman–Crippen MR) is 114 cm³/mol. The molecule has 3 rings (SSSR count). The van der Waals surface area contributed by atoms with E-state index < -0.39 is 0 Å². The first-order valence-electron chi connectivity index (χ1n) is 8.23. The molecule has 1 heterocycles. The van der Waals surface area contributed by atoms with E-state index in [1.54, 1.807) is 4.90 Å². The van der Waals surface area contributed by atoms with E-state index in [9.17, 15) is 4.79 Å². The van der Waals surface area contributed by atoms with Crippen molar-refractivity contribution in [1.82, 2.24) is 9.88 Å². The van der Waals surface area contributed by atoms with E-state index in [1.165, 1.54) is 11.3 Å². The fourth-order valence-corrected chi connectivity index (χ4v) is 4.31. The largest absolute Gasteiger partial charge is 0.309 e. The van der Waals surface area contributed by atoms with Crippen molar-refractivity contribution in [1.29, 1.82) is 0 Å². The van der Waals surface area contributed by atoms with Crippen LogP contribution < -0.4 is 4.90 Å². The van der Waals surface area contributed by atoms with Gasteiger partial charge in [0.25, 0.3) is 5.91 Å². The van der Waals surface area contributed by atoms with Gasteiger partial charge in [0.1, 0.15) is 5.52 Å². The zero-order chi connectivity index (χ0) is 18.7. The zero-order valence-corrected chi connectivity index (χ0v) is 17.7. The van der Waals surface area contributed by atoms with E-state index in [2.05, 4.69) is 25.8 Å². The average molecular weight is 453 g/mol. The second-order valence-corrected chi connectivity index (χ2v) is 8.54. The standard InChI is InChI=1S/C19H19BrClN3OS/c1-23(2)10-5-11-24(18(25)13-6-3-7-14(20)12-13)19-22-17-15(21)8-4-9-16(17)26-19/h3-4,6-9,12H,5,10-11H2,1-2H3. The first kappa shape index (κ1) is 19.3. The van der Waals surface area contributed by atoms with Gasteiger partial charge in [0.05, 0.1) is 9.72 Å². The fourth-order valence-electron chi connectivity index (χ4n) is 2.63. The maximum absolute atomic E-state index is 13.2. The number of para-hydroxylation sites is 1. The first-order chi connectivity index (χ1) is 12.5. The summed E-state index contributed by atoms with van der Waals surface area (Å²) >= 11 is 11.2. The fraction of sp³-hybridized carbons (Fsp3) is 0.263. The van der Waals surface area contributed by atoms with Gasteiger partial charge in [-0.25, -0.2) is 4.98 Å². The number of thiazole rings is 1. The number of carbonyl (C=O) groups is 1. The number of halogens is 2. The molecule has 1 aromatic heterocycles. The summed E-state index contributed by atoms with van der Waals surface area (Å²) in [5, 5.41) is 1.28. The predicted octanol–water partition coefficient (Wildman–Crippen LogP) is 5.31. The van der Waals surface area contributed by atoms with Crippen LogP contribution in [0.1, 0.15) is 16.8 Å². The van der Waals surface area contributed by atoms with Crippen molar-refractivity contribution in [3.05, 3.63) is 57.5 Å². The van der Waals surface area contributed by atoms with Crippen molar-refractivity contribution >= 4 is 60.1 Å². The summed E-state index contributed by atoms with van der Waals surface area (Å²) in [5.74, 6) is -0.0553. The molecule has 0 aliphatic heterocycles.